The van der Waals surface area contributed by atoms with Gasteiger partial charge in [-0.1, -0.05) is 37.2 Å². The molecule has 0 aliphatic carbocycles. The summed E-state index contributed by atoms with van der Waals surface area (Å²) in [5, 5.41) is 22.1. The van der Waals surface area contributed by atoms with Gasteiger partial charge in [-0.25, -0.2) is 4.99 Å². The monoisotopic (exact) mass is 514 g/mol. The first-order valence-electron chi connectivity index (χ1n) is 9.21. The number of rotatable bonds is 7. The molecule has 1 aromatic carbocycles. The number of nitrogens with zero attached hydrogens (tertiary/aromatic N) is 2. The highest BCUT2D eigenvalue weighted by Gasteiger charge is 2.12. The number of halogens is 1. The highest BCUT2D eigenvalue weighted by Crippen LogP contribution is 2.29. The Kier molecular flexibility index (Phi) is 8.71. The summed E-state index contributed by atoms with van der Waals surface area (Å²) in [6.45, 7) is 7.67. The van der Waals surface area contributed by atoms with Crippen LogP contribution in [-0.4, -0.2) is 29.3 Å². The Bertz CT molecular complexity index is 873. The van der Waals surface area contributed by atoms with E-state index in [2.05, 4.69) is 46.8 Å². The number of aliphatic hydroxyl groups excluding tert-OH is 1. The lowest BCUT2D eigenvalue weighted by Gasteiger charge is -2.14. The van der Waals surface area contributed by atoms with Crippen LogP contribution in [0.2, 0.25) is 0 Å². The zero-order valence-corrected chi connectivity index (χ0v) is 19.5. The van der Waals surface area contributed by atoms with Crippen molar-refractivity contribution in [1.29, 1.82) is 0 Å². The van der Waals surface area contributed by atoms with Gasteiger partial charge >= 0.3 is 0 Å². The van der Waals surface area contributed by atoms with Gasteiger partial charge in [-0.3, -0.25) is 0 Å². The molecule has 0 fully saturated rings. The molecule has 3 N–H and O–H groups in total. The van der Waals surface area contributed by atoms with Gasteiger partial charge in [0.25, 0.3) is 0 Å². The second-order valence-electron chi connectivity index (χ2n) is 6.65. The molecule has 2 heterocycles. The molecule has 0 radical (unpaired) electrons. The number of guanidine groups is 1. The van der Waals surface area contributed by atoms with Gasteiger partial charge in [0.05, 0.1) is 5.69 Å². The van der Waals surface area contributed by atoms with Crippen LogP contribution in [0.5, 0.6) is 0 Å². The fraction of sp³-hybridized carbons (Fsp3) is 0.400. The molecule has 0 amide bonds. The van der Waals surface area contributed by atoms with E-state index in [-0.39, 0.29) is 24.0 Å². The molecule has 1 unspecified atom stereocenters. The average molecular weight is 514 g/mol. The number of aromatic nitrogens is 1. The van der Waals surface area contributed by atoms with Crippen LogP contribution in [-0.2, 0) is 6.54 Å². The van der Waals surface area contributed by atoms with E-state index in [1.54, 1.807) is 11.3 Å². The Morgan fingerprint density at radius 3 is 2.71 bits per heavy atom. The van der Waals surface area contributed by atoms with Crippen LogP contribution < -0.4 is 10.6 Å². The van der Waals surface area contributed by atoms with Crippen molar-refractivity contribution in [3.05, 3.63) is 52.7 Å². The number of nitrogens with one attached hydrogen (secondary N) is 2. The molecule has 1 atom stereocenters. The second kappa shape index (κ2) is 10.8. The van der Waals surface area contributed by atoms with Gasteiger partial charge in [0.2, 0.25) is 0 Å². The normalized spacial score (nSPS) is 12.8. The summed E-state index contributed by atoms with van der Waals surface area (Å²) >= 11 is 1.61. The summed E-state index contributed by atoms with van der Waals surface area (Å²) < 4.78 is 6.50. The summed E-state index contributed by atoms with van der Waals surface area (Å²) in [7, 11) is 0. The van der Waals surface area contributed by atoms with Gasteiger partial charge in [0.1, 0.15) is 12.6 Å². The van der Waals surface area contributed by atoms with Crippen molar-refractivity contribution >= 4 is 51.4 Å². The average Bonchev–Trinajstić information content (AvgIpc) is 3.30. The van der Waals surface area contributed by atoms with Gasteiger partial charge in [0, 0.05) is 28.7 Å². The Balaban J connectivity index is 0.00000280. The highest BCUT2D eigenvalue weighted by molar-refractivity contribution is 14.0. The zero-order valence-electron chi connectivity index (χ0n) is 16.3. The smallest absolute Gasteiger partial charge is 0.191 e. The van der Waals surface area contributed by atoms with Crippen molar-refractivity contribution < 1.29 is 9.63 Å². The van der Waals surface area contributed by atoms with Crippen molar-refractivity contribution in [3.63, 3.8) is 0 Å². The number of hydrogen-bond acceptors (Lipinski definition) is 5. The zero-order chi connectivity index (χ0) is 19.2. The van der Waals surface area contributed by atoms with E-state index in [0.717, 1.165) is 28.3 Å². The largest absolute Gasteiger partial charge is 0.386 e. The van der Waals surface area contributed by atoms with E-state index >= 15 is 0 Å². The summed E-state index contributed by atoms with van der Waals surface area (Å²) in [5.74, 6) is 1.69. The molecule has 8 heteroatoms. The van der Waals surface area contributed by atoms with Crippen molar-refractivity contribution in [2.45, 2.75) is 39.3 Å². The number of hydrogen-bond donors (Lipinski definition) is 3. The van der Waals surface area contributed by atoms with Crippen LogP contribution in [0.4, 0.5) is 0 Å². The van der Waals surface area contributed by atoms with Gasteiger partial charge in [-0.2, -0.15) is 0 Å². The molecule has 0 aliphatic rings. The summed E-state index contributed by atoms with van der Waals surface area (Å²) in [6, 6.07) is 12.1. The molecule has 0 spiro atoms. The van der Waals surface area contributed by atoms with Crippen LogP contribution in [0, 0.1) is 0 Å². The number of benzene rings is 1. The minimum absolute atomic E-state index is 0. The van der Waals surface area contributed by atoms with E-state index in [1.807, 2.05) is 31.2 Å². The predicted molar refractivity (Wildman–Crippen MR) is 126 cm³/mol. The van der Waals surface area contributed by atoms with Crippen molar-refractivity contribution in [2.75, 3.05) is 13.1 Å². The Morgan fingerprint density at radius 1 is 1.25 bits per heavy atom. The third kappa shape index (κ3) is 5.92. The topological polar surface area (TPSA) is 82.7 Å². The van der Waals surface area contributed by atoms with Crippen molar-refractivity contribution in [3.8, 4) is 0 Å². The van der Waals surface area contributed by atoms with Gasteiger partial charge in [0.15, 0.2) is 11.7 Å². The summed E-state index contributed by atoms with van der Waals surface area (Å²) in [4.78, 5) is 5.46. The molecule has 3 aromatic rings. The van der Waals surface area contributed by atoms with Crippen LogP contribution in [0.3, 0.4) is 0 Å². The maximum absolute atomic E-state index is 10.5. The Labute approximate surface area is 186 Å². The lowest BCUT2D eigenvalue weighted by molar-refractivity contribution is 0.184. The third-order valence-electron chi connectivity index (χ3n) is 4.14. The minimum Gasteiger partial charge on any atom is -0.386 e. The summed E-state index contributed by atoms with van der Waals surface area (Å²) in [6.07, 6.45) is -0.593. The number of fused-ring (bicyclic) bond motifs is 1. The highest BCUT2D eigenvalue weighted by atomic mass is 127. The molecule has 28 heavy (non-hydrogen) atoms. The summed E-state index contributed by atoms with van der Waals surface area (Å²) in [5.41, 5.74) is 0.929. The molecule has 3 rings (SSSR count). The van der Waals surface area contributed by atoms with Crippen LogP contribution >= 0.6 is 35.3 Å². The maximum Gasteiger partial charge on any atom is 0.191 e. The van der Waals surface area contributed by atoms with E-state index in [0.29, 0.717) is 25.0 Å². The predicted octanol–water partition coefficient (Wildman–Crippen LogP) is 4.42. The fourth-order valence-electron chi connectivity index (χ4n) is 2.63. The van der Waals surface area contributed by atoms with E-state index in [4.69, 9.17) is 4.52 Å². The fourth-order valence-corrected chi connectivity index (χ4v) is 3.69. The number of thiophene rings is 1. The molecule has 0 saturated heterocycles. The quantitative estimate of drug-likeness (QED) is 0.247. The minimum atomic E-state index is -0.593. The number of aliphatic hydroxyl groups is 1. The van der Waals surface area contributed by atoms with Crippen LogP contribution in [0.15, 0.2) is 45.9 Å². The second-order valence-corrected chi connectivity index (χ2v) is 7.77. The standard InChI is InChI=1S/C20H26N4O2S.HI/c1-4-21-20(22-11-15-10-16(13(2)3)24-26-15)23-12-17(25)19-9-14-7-5-6-8-18(14)27-19;/h5-10,13,17,25H,4,11-12H2,1-3H3,(H2,21,22,23);1H. The molecule has 152 valence electrons. The third-order valence-corrected chi connectivity index (χ3v) is 5.36. The molecule has 0 aliphatic heterocycles. The first kappa shape index (κ1) is 22.6. The van der Waals surface area contributed by atoms with E-state index in [9.17, 15) is 5.11 Å². The van der Waals surface area contributed by atoms with E-state index < -0.39 is 6.10 Å². The van der Waals surface area contributed by atoms with Gasteiger partial charge < -0.3 is 20.3 Å². The van der Waals surface area contributed by atoms with Crippen molar-refractivity contribution in [1.82, 2.24) is 15.8 Å². The van der Waals surface area contributed by atoms with E-state index in [1.165, 1.54) is 4.70 Å². The van der Waals surface area contributed by atoms with Crippen molar-refractivity contribution in [2.24, 2.45) is 4.99 Å². The first-order valence-corrected chi connectivity index (χ1v) is 10.0. The molecular weight excluding hydrogens is 487 g/mol. The van der Waals surface area contributed by atoms with Crippen LogP contribution in [0.1, 0.15) is 49.1 Å². The van der Waals surface area contributed by atoms with Gasteiger partial charge in [-0.05, 0) is 30.4 Å². The lowest BCUT2D eigenvalue weighted by Crippen LogP contribution is -2.39. The van der Waals surface area contributed by atoms with Crippen LogP contribution in [0.25, 0.3) is 10.1 Å². The molecular formula is C20H27IN4O2S. The maximum atomic E-state index is 10.5. The Hall–Kier alpha value is -1.65. The number of aliphatic imine (C=N–C) groups is 1. The molecule has 0 bridgehead atoms. The molecule has 6 nitrogen and oxygen atoms in total. The van der Waals surface area contributed by atoms with Gasteiger partial charge in [-0.15, -0.1) is 35.3 Å². The Morgan fingerprint density at radius 2 is 2.04 bits per heavy atom. The first-order chi connectivity index (χ1) is 13.1. The molecule has 0 saturated carbocycles. The lowest BCUT2D eigenvalue weighted by atomic mass is 10.1. The molecule has 2 aromatic heterocycles. The SMILES string of the molecule is CCNC(=NCc1cc(C(C)C)no1)NCC(O)c1cc2ccccc2s1.I.